The van der Waals surface area contributed by atoms with Gasteiger partial charge in [-0.2, -0.15) is 11.1 Å². The largest absolute Gasteiger partial charge is 0.168 e. The SMILES string of the molecule is C[Si](C)(Cl)CCCC(Br)c1ccccc1. The fraction of sp³-hybridized carbons (Fsp3) is 0.500. The van der Waals surface area contributed by atoms with Crippen molar-refractivity contribution in [3.05, 3.63) is 35.9 Å². The van der Waals surface area contributed by atoms with Crippen LogP contribution in [0.25, 0.3) is 0 Å². The summed E-state index contributed by atoms with van der Waals surface area (Å²) in [6.45, 7) is 4.42. The Morgan fingerprint density at radius 2 is 1.87 bits per heavy atom. The highest BCUT2D eigenvalue weighted by Gasteiger charge is 2.17. The average Bonchev–Trinajstić information content (AvgIpc) is 2.17. The Kier molecular flexibility index (Phi) is 5.37. The van der Waals surface area contributed by atoms with E-state index >= 15 is 0 Å². The fourth-order valence-corrected chi connectivity index (χ4v) is 3.60. The van der Waals surface area contributed by atoms with Gasteiger partial charge >= 0.3 is 0 Å². The summed E-state index contributed by atoms with van der Waals surface area (Å²) in [7, 11) is -1.37. The second kappa shape index (κ2) is 6.07. The zero-order chi connectivity index (χ0) is 11.3. The maximum Gasteiger partial charge on any atom is 0.150 e. The topological polar surface area (TPSA) is 0 Å². The summed E-state index contributed by atoms with van der Waals surface area (Å²) in [6.07, 6.45) is 2.39. The number of halogens is 2. The second-order valence-electron chi connectivity index (χ2n) is 4.49. The van der Waals surface area contributed by atoms with Crippen molar-refractivity contribution >= 4 is 34.4 Å². The van der Waals surface area contributed by atoms with Crippen LogP contribution in [0.5, 0.6) is 0 Å². The van der Waals surface area contributed by atoms with Crippen molar-refractivity contribution in [2.45, 2.75) is 36.8 Å². The smallest absolute Gasteiger partial charge is 0.150 e. The summed E-state index contributed by atoms with van der Waals surface area (Å²) in [6, 6.07) is 11.8. The highest BCUT2D eigenvalue weighted by Crippen LogP contribution is 2.30. The molecule has 0 aliphatic heterocycles. The van der Waals surface area contributed by atoms with Crippen LogP contribution in [0.3, 0.4) is 0 Å². The van der Waals surface area contributed by atoms with Crippen LogP contribution in [0.1, 0.15) is 23.2 Å². The van der Waals surface area contributed by atoms with E-state index in [2.05, 4.69) is 59.4 Å². The van der Waals surface area contributed by atoms with Crippen LogP contribution in [-0.2, 0) is 0 Å². The van der Waals surface area contributed by atoms with Crippen molar-refractivity contribution in [3.63, 3.8) is 0 Å². The molecule has 1 aromatic carbocycles. The summed E-state index contributed by atoms with van der Waals surface area (Å²) in [5, 5.41) is 0. The summed E-state index contributed by atoms with van der Waals surface area (Å²) in [4.78, 5) is 0.478. The third kappa shape index (κ3) is 5.74. The molecule has 0 fully saturated rings. The molecule has 0 aliphatic carbocycles. The Bertz CT molecular complexity index is 281. The van der Waals surface area contributed by atoms with Gasteiger partial charge in [0.25, 0.3) is 0 Å². The van der Waals surface area contributed by atoms with Crippen LogP contribution in [0.15, 0.2) is 30.3 Å². The number of hydrogen-bond donors (Lipinski definition) is 0. The maximum atomic E-state index is 6.29. The average molecular weight is 306 g/mol. The van der Waals surface area contributed by atoms with E-state index < -0.39 is 7.38 Å². The molecule has 15 heavy (non-hydrogen) atoms. The normalized spacial score (nSPS) is 13.9. The number of rotatable bonds is 5. The molecular formula is C12H18BrClSi. The van der Waals surface area contributed by atoms with E-state index in [1.54, 1.807) is 0 Å². The minimum Gasteiger partial charge on any atom is -0.168 e. The zero-order valence-corrected chi connectivity index (χ0v) is 12.7. The standard InChI is InChI=1S/C12H18BrClSi/c1-15(2,14)10-6-9-12(13)11-7-4-3-5-8-11/h3-5,7-8,12H,6,9-10H2,1-2H3. The zero-order valence-electron chi connectivity index (χ0n) is 9.34. The van der Waals surface area contributed by atoms with Gasteiger partial charge in [-0.25, -0.2) is 0 Å². The van der Waals surface area contributed by atoms with Gasteiger partial charge in [0.15, 0.2) is 0 Å². The molecule has 1 aromatic rings. The first-order chi connectivity index (χ1) is 6.99. The molecule has 1 atom stereocenters. The summed E-state index contributed by atoms with van der Waals surface area (Å²) < 4.78 is 0. The number of benzene rings is 1. The molecule has 0 aliphatic rings. The molecule has 0 radical (unpaired) electrons. The molecule has 0 aromatic heterocycles. The van der Waals surface area contributed by atoms with Crippen molar-refractivity contribution in [1.82, 2.24) is 0 Å². The molecule has 0 saturated carbocycles. The number of hydrogen-bond acceptors (Lipinski definition) is 0. The molecule has 1 unspecified atom stereocenters. The molecule has 0 amide bonds. The monoisotopic (exact) mass is 304 g/mol. The van der Waals surface area contributed by atoms with E-state index in [1.165, 1.54) is 24.4 Å². The fourth-order valence-electron chi connectivity index (χ4n) is 1.53. The third-order valence-corrected chi connectivity index (χ3v) is 5.49. The van der Waals surface area contributed by atoms with Crippen molar-refractivity contribution in [1.29, 1.82) is 0 Å². The summed E-state index contributed by atoms with van der Waals surface area (Å²) in [5.41, 5.74) is 1.37. The second-order valence-corrected chi connectivity index (χ2v) is 12.6. The van der Waals surface area contributed by atoms with Crippen molar-refractivity contribution in [2.75, 3.05) is 0 Å². The van der Waals surface area contributed by atoms with Crippen molar-refractivity contribution in [3.8, 4) is 0 Å². The highest BCUT2D eigenvalue weighted by atomic mass is 79.9. The molecule has 3 heteroatoms. The Hall–Kier alpha value is 0.207. The van der Waals surface area contributed by atoms with E-state index in [-0.39, 0.29) is 0 Å². The van der Waals surface area contributed by atoms with Gasteiger partial charge in [-0.05, 0) is 18.0 Å². The Morgan fingerprint density at radius 1 is 1.27 bits per heavy atom. The van der Waals surface area contributed by atoms with Gasteiger partial charge in [0.2, 0.25) is 0 Å². The van der Waals surface area contributed by atoms with Crippen LogP contribution in [0.4, 0.5) is 0 Å². The Balaban J connectivity index is 2.34. The molecular weight excluding hydrogens is 288 g/mol. The van der Waals surface area contributed by atoms with Gasteiger partial charge in [0, 0.05) is 4.83 Å². The molecule has 0 spiro atoms. The van der Waals surface area contributed by atoms with Crippen molar-refractivity contribution < 1.29 is 0 Å². The Labute approximate surface area is 107 Å². The third-order valence-electron chi connectivity index (χ3n) is 2.39. The van der Waals surface area contributed by atoms with Crippen LogP contribution in [-0.4, -0.2) is 7.38 Å². The minimum atomic E-state index is -1.37. The summed E-state index contributed by atoms with van der Waals surface area (Å²) >= 11 is 10.0. The van der Waals surface area contributed by atoms with Crippen LogP contribution in [0.2, 0.25) is 19.1 Å². The predicted molar refractivity (Wildman–Crippen MR) is 75.5 cm³/mol. The first-order valence-corrected chi connectivity index (χ1v) is 10.5. The molecule has 0 saturated heterocycles. The first kappa shape index (κ1) is 13.3. The highest BCUT2D eigenvalue weighted by molar-refractivity contribution is 9.09. The number of alkyl halides is 1. The van der Waals surface area contributed by atoms with Gasteiger partial charge in [0.1, 0.15) is 7.38 Å². The quantitative estimate of drug-likeness (QED) is 0.391. The van der Waals surface area contributed by atoms with Gasteiger partial charge < -0.3 is 0 Å². The van der Waals surface area contributed by atoms with Gasteiger partial charge in [0.05, 0.1) is 0 Å². The van der Waals surface area contributed by atoms with Crippen molar-refractivity contribution in [2.24, 2.45) is 0 Å². The lowest BCUT2D eigenvalue weighted by molar-refractivity contribution is 0.781. The minimum absolute atomic E-state index is 0.478. The van der Waals surface area contributed by atoms with Gasteiger partial charge in [-0.3, -0.25) is 0 Å². The van der Waals surface area contributed by atoms with E-state index in [1.807, 2.05) is 0 Å². The molecule has 0 N–H and O–H groups in total. The predicted octanol–water partition coefficient (Wildman–Crippen LogP) is 5.35. The van der Waals surface area contributed by atoms with E-state index in [4.69, 9.17) is 11.1 Å². The molecule has 84 valence electrons. The lowest BCUT2D eigenvalue weighted by Gasteiger charge is -2.14. The van der Waals surface area contributed by atoms with Gasteiger partial charge in [-0.15, -0.1) is 0 Å². The molecule has 0 heterocycles. The van der Waals surface area contributed by atoms with E-state index in [0.717, 1.165) is 0 Å². The summed E-state index contributed by atoms with van der Waals surface area (Å²) in [5.74, 6) is 0. The van der Waals surface area contributed by atoms with Crippen LogP contribution >= 0.6 is 27.0 Å². The van der Waals surface area contributed by atoms with E-state index in [9.17, 15) is 0 Å². The maximum absolute atomic E-state index is 6.29. The van der Waals surface area contributed by atoms with E-state index in [0.29, 0.717) is 4.83 Å². The molecule has 0 nitrogen and oxygen atoms in total. The lowest BCUT2D eigenvalue weighted by Crippen LogP contribution is -2.15. The lowest BCUT2D eigenvalue weighted by atomic mass is 10.1. The van der Waals surface area contributed by atoms with Crippen LogP contribution < -0.4 is 0 Å². The Morgan fingerprint density at radius 3 is 2.40 bits per heavy atom. The van der Waals surface area contributed by atoms with Crippen LogP contribution in [0, 0.1) is 0 Å². The van der Waals surface area contributed by atoms with Gasteiger partial charge in [-0.1, -0.05) is 65.8 Å². The first-order valence-electron chi connectivity index (χ1n) is 5.37. The molecule has 1 rings (SSSR count). The molecule has 0 bridgehead atoms.